The molecule has 0 aromatic heterocycles. The van der Waals surface area contributed by atoms with Crippen molar-refractivity contribution in [1.29, 1.82) is 0 Å². The van der Waals surface area contributed by atoms with Crippen LogP contribution in [0.3, 0.4) is 0 Å². The van der Waals surface area contributed by atoms with Gasteiger partial charge in [-0.1, -0.05) is 0 Å². The van der Waals surface area contributed by atoms with Gasteiger partial charge in [0.05, 0.1) is 0 Å². The summed E-state index contributed by atoms with van der Waals surface area (Å²) in [5.41, 5.74) is 13.2. The Kier molecular flexibility index (Phi) is 16.6. The fourth-order valence-electron chi connectivity index (χ4n) is 3.38. The van der Waals surface area contributed by atoms with E-state index in [0.717, 1.165) is 20.4 Å². The summed E-state index contributed by atoms with van der Waals surface area (Å²) in [5.74, 6) is 0.183. The van der Waals surface area contributed by atoms with Crippen LogP contribution in [0.15, 0.2) is 48.5 Å². The van der Waals surface area contributed by atoms with Gasteiger partial charge in [-0.05, 0) is 0 Å². The Morgan fingerprint density at radius 1 is 0.667 bits per heavy atom. The first kappa shape index (κ1) is 36.2. The van der Waals surface area contributed by atoms with Gasteiger partial charge in [-0.3, -0.25) is 0 Å². The van der Waals surface area contributed by atoms with Crippen molar-refractivity contribution in [2.45, 2.75) is 50.9 Å². The Morgan fingerprint density at radius 2 is 1.02 bits per heavy atom. The molecule has 8 N–H and O–H groups in total. The van der Waals surface area contributed by atoms with Crippen molar-refractivity contribution in [3.8, 4) is 0 Å². The molecule has 2 rings (SSSR count). The molecule has 0 saturated carbocycles. The van der Waals surface area contributed by atoms with E-state index in [1.807, 2.05) is 61.0 Å². The van der Waals surface area contributed by atoms with Crippen molar-refractivity contribution in [1.82, 2.24) is 10.6 Å². The van der Waals surface area contributed by atoms with Crippen LogP contribution in [0, 0.1) is 0 Å². The zero-order chi connectivity index (χ0) is 31.1. The maximum atomic E-state index is 12.9. The third kappa shape index (κ3) is 12.3. The predicted octanol–water partition coefficient (Wildman–Crippen LogP) is 0.00800. The van der Waals surface area contributed by atoms with E-state index < -0.39 is 24.2 Å². The SMILES string of the molecule is CSCC[C@H](N)C(=O)N[C@@H](C)C(=O)Nc1ccccc1[Se][Se]c1ccccc1NC(=O)[C@H](C)NC(=O)[C@@H](N)CCSC. The molecule has 14 heteroatoms. The fraction of sp³-hybridized carbons (Fsp3) is 0.429. The summed E-state index contributed by atoms with van der Waals surface area (Å²) in [6.45, 7) is 3.26. The Labute approximate surface area is 267 Å². The van der Waals surface area contributed by atoms with Crippen molar-refractivity contribution >= 4 is 93.7 Å². The molecule has 0 fully saturated rings. The van der Waals surface area contributed by atoms with Crippen LogP contribution in [0.2, 0.25) is 0 Å². The minimum absolute atomic E-state index is 0.0335. The summed E-state index contributed by atoms with van der Waals surface area (Å²) in [6.07, 6.45) is 4.97. The Morgan fingerprint density at radius 3 is 1.38 bits per heavy atom. The van der Waals surface area contributed by atoms with Crippen molar-refractivity contribution < 1.29 is 19.2 Å². The van der Waals surface area contributed by atoms with Crippen molar-refractivity contribution in [2.24, 2.45) is 11.5 Å². The first-order chi connectivity index (χ1) is 20.1. The molecule has 0 unspecified atom stereocenters. The fourth-order valence-corrected chi connectivity index (χ4v) is 11.3. The van der Waals surface area contributed by atoms with E-state index in [4.69, 9.17) is 11.5 Å². The molecule has 0 heterocycles. The van der Waals surface area contributed by atoms with E-state index in [1.54, 1.807) is 37.4 Å². The normalized spacial score (nSPS) is 13.8. The third-order valence-corrected chi connectivity index (χ3v) is 14.5. The second-order valence-corrected chi connectivity index (χ2v) is 17.5. The zero-order valence-electron chi connectivity index (χ0n) is 24.2. The Balaban J connectivity index is 2.00. The second kappa shape index (κ2) is 19.3. The van der Waals surface area contributed by atoms with E-state index in [0.29, 0.717) is 24.2 Å². The number of carbonyl (C=O) groups is 4. The van der Waals surface area contributed by atoms with Gasteiger partial charge in [0.1, 0.15) is 0 Å². The minimum atomic E-state index is -0.748. The van der Waals surface area contributed by atoms with E-state index in [-0.39, 0.29) is 49.9 Å². The zero-order valence-corrected chi connectivity index (χ0v) is 29.2. The number of anilines is 2. The summed E-state index contributed by atoms with van der Waals surface area (Å²) >= 11 is 3.16. The van der Waals surface area contributed by atoms with Crippen LogP contribution in [0.4, 0.5) is 11.4 Å². The van der Waals surface area contributed by atoms with Gasteiger partial charge in [-0.25, -0.2) is 0 Å². The van der Waals surface area contributed by atoms with Gasteiger partial charge in [-0.2, -0.15) is 0 Å². The number of benzene rings is 2. The van der Waals surface area contributed by atoms with Crippen LogP contribution in [-0.2, 0) is 19.2 Å². The van der Waals surface area contributed by atoms with Gasteiger partial charge >= 0.3 is 269 Å². The summed E-state index contributed by atoms with van der Waals surface area (Å²) in [6, 6.07) is 12.3. The Hall–Kier alpha value is -2.02. The molecule has 0 aliphatic rings. The number of thioether (sulfide) groups is 2. The van der Waals surface area contributed by atoms with Crippen LogP contribution < -0.4 is 41.7 Å². The summed E-state index contributed by atoms with van der Waals surface area (Å²) in [7, 11) is 0. The molecule has 2 aromatic rings. The first-order valence-electron chi connectivity index (χ1n) is 13.3. The Bertz CT molecular complexity index is 1120. The number of nitrogens with one attached hydrogen (secondary N) is 4. The quantitative estimate of drug-likeness (QED) is 0.123. The van der Waals surface area contributed by atoms with Gasteiger partial charge in [0, 0.05) is 0 Å². The number of amides is 4. The van der Waals surface area contributed by atoms with E-state index in [2.05, 4.69) is 21.3 Å². The van der Waals surface area contributed by atoms with Crippen LogP contribution in [-0.4, -0.2) is 98.1 Å². The molecule has 0 aliphatic carbocycles. The van der Waals surface area contributed by atoms with Crippen molar-refractivity contribution in [3.63, 3.8) is 0 Å². The van der Waals surface area contributed by atoms with Crippen LogP contribution in [0.5, 0.6) is 0 Å². The molecule has 4 amide bonds. The molecule has 2 aromatic carbocycles. The molecule has 0 radical (unpaired) electrons. The van der Waals surface area contributed by atoms with Crippen LogP contribution in [0.25, 0.3) is 0 Å². The topological polar surface area (TPSA) is 168 Å². The van der Waals surface area contributed by atoms with Crippen LogP contribution in [0.1, 0.15) is 26.7 Å². The molecule has 4 atom stereocenters. The van der Waals surface area contributed by atoms with Gasteiger partial charge in [0.2, 0.25) is 0 Å². The standard InChI is InChI=1S/C28H40N6O4S2Se2/c1-17(31-27(37)19(29)13-15-39-3)25(35)33-21-9-5-7-11-23(21)41-42-24-12-8-6-10-22(24)34-26(36)18(2)32-28(38)20(30)14-16-40-4/h5-12,17-20H,13-16,29-30H2,1-4H3,(H,31,37)(H,32,38)(H,33,35)(H,34,36)/t17-,18-,19-,20-/m0/s1. The van der Waals surface area contributed by atoms with E-state index >= 15 is 0 Å². The average Bonchev–Trinajstić information content (AvgIpc) is 2.98. The second-order valence-electron chi connectivity index (χ2n) is 9.37. The molecular formula is C28H40N6O4S2Se2. The molecule has 0 spiro atoms. The molecule has 42 heavy (non-hydrogen) atoms. The number of nitrogens with two attached hydrogens (primary N) is 2. The van der Waals surface area contributed by atoms with Crippen molar-refractivity contribution in [3.05, 3.63) is 48.5 Å². The van der Waals surface area contributed by atoms with Gasteiger partial charge in [0.15, 0.2) is 0 Å². The van der Waals surface area contributed by atoms with Gasteiger partial charge in [-0.15, -0.1) is 0 Å². The molecule has 0 bridgehead atoms. The van der Waals surface area contributed by atoms with Crippen molar-refractivity contribution in [2.75, 3.05) is 34.7 Å². The summed E-state index contributed by atoms with van der Waals surface area (Å²) < 4.78 is 1.99. The number of para-hydroxylation sites is 2. The summed E-state index contributed by atoms with van der Waals surface area (Å²) in [4.78, 5) is 50.4. The van der Waals surface area contributed by atoms with E-state index in [9.17, 15) is 19.2 Å². The van der Waals surface area contributed by atoms with Crippen LogP contribution >= 0.6 is 23.5 Å². The monoisotopic (exact) mass is 748 g/mol. The molecule has 10 nitrogen and oxygen atoms in total. The number of hydrogen-bond donors (Lipinski definition) is 6. The summed E-state index contributed by atoms with van der Waals surface area (Å²) in [5, 5.41) is 11.3. The number of hydrogen-bond acceptors (Lipinski definition) is 8. The molecule has 230 valence electrons. The maximum absolute atomic E-state index is 12.9. The number of carbonyl (C=O) groups excluding carboxylic acids is 4. The van der Waals surface area contributed by atoms with E-state index in [1.165, 1.54) is 0 Å². The predicted molar refractivity (Wildman–Crippen MR) is 178 cm³/mol. The molecule has 0 saturated heterocycles. The molecule has 0 aliphatic heterocycles. The third-order valence-electron chi connectivity index (χ3n) is 5.95. The number of rotatable bonds is 17. The van der Waals surface area contributed by atoms with Gasteiger partial charge < -0.3 is 0 Å². The van der Waals surface area contributed by atoms with Gasteiger partial charge in [0.25, 0.3) is 0 Å². The molecular weight excluding hydrogens is 706 g/mol. The average molecular weight is 747 g/mol. The first-order valence-corrected chi connectivity index (χ1v) is 22.1.